The van der Waals surface area contributed by atoms with Gasteiger partial charge >= 0.3 is 0 Å². The third-order valence-electron chi connectivity index (χ3n) is 5.95. The van der Waals surface area contributed by atoms with Gasteiger partial charge in [-0.3, -0.25) is 9.59 Å². The van der Waals surface area contributed by atoms with Crippen LogP contribution in [0.1, 0.15) is 18.1 Å². The monoisotopic (exact) mass is 486 g/mol. The maximum absolute atomic E-state index is 11.6. The number of piperazine rings is 1. The minimum Gasteiger partial charge on any atom is -0.368 e. The number of hydrogen-bond acceptors (Lipinski definition) is 8. The van der Waals surface area contributed by atoms with Crippen molar-refractivity contribution < 1.29 is 9.59 Å². The van der Waals surface area contributed by atoms with Crippen LogP contribution in [0, 0.1) is 13.8 Å². The number of amides is 2. The zero-order valence-corrected chi connectivity index (χ0v) is 20.7. The summed E-state index contributed by atoms with van der Waals surface area (Å²) in [7, 11) is 0. The van der Waals surface area contributed by atoms with Gasteiger partial charge in [0.1, 0.15) is 17.5 Å². The quantitative estimate of drug-likeness (QED) is 0.432. The highest BCUT2D eigenvalue weighted by Gasteiger charge is 2.19. The van der Waals surface area contributed by atoms with Crippen molar-refractivity contribution >= 4 is 46.6 Å². The Labute approximate surface area is 210 Å². The molecule has 0 unspecified atom stereocenters. The molecule has 2 aromatic heterocycles. The molecule has 36 heavy (non-hydrogen) atoms. The van der Waals surface area contributed by atoms with Crippen molar-refractivity contribution in [3.63, 3.8) is 0 Å². The molecule has 186 valence electrons. The summed E-state index contributed by atoms with van der Waals surface area (Å²) in [6.45, 7) is 12.1. The molecule has 0 spiro atoms. The van der Waals surface area contributed by atoms with Crippen molar-refractivity contribution in [2.75, 3.05) is 47.0 Å². The fourth-order valence-corrected chi connectivity index (χ4v) is 3.89. The third-order valence-corrected chi connectivity index (χ3v) is 5.95. The van der Waals surface area contributed by atoms with E-state index in [0.29, 0.717) is 23.4 Å². The number of aryl methyl sites for hydroxylation is 2. The molecule has 0 radical (unpaired) electrons. The normalized spacial score (nSPS) is 13.2. The van der Waals surface area contributed by atoms with Gasteiger partial charge in [-0.25, -0.2) is 9.97 Å². The Morgan fingerprint density at radius 1 is 0.972 bits per heavy atom. The first-order chi connectivity index (χ1) is 17.3. The van der Waals surface area contributed by atoms with E-state index in [1.807, 2.05) is 24.8 Å². The summed E-state index contributed by atoms with van der Waals surface area (Å²) in [6, 6.07) is 11.5. The zero-order chi connectivity index (χ0) is 25.7. The summed E-state index contributed by atoms with van der Waals surface area (Å²) < 4.78 is 0. The van der Waals surface area contributed by atoms with Crippen LogP contribution in [-0.2, 0) is 9.59 Å². The topological polar surface area (TPSA) is 115 Å². The smallest absolute Gasteiger partial charge is 0.248 e. The Bertz CT molecular complexity index is 1280. The van der Waals surface area contributed by atoms with E-state index < -0.39 is 0 Å². The number of aromatic nitrogens is 3. The maximum Gasteiger partial charge on any atom is 0.248 e. The van der Waals surface area contributed by atoms with Crippen LogP contribution in [0.15, 0.2) is 55.3 Å². The largest absolute Gasteiger partial charge is 0.368 e. The fraction of sp³-hybridized carbons (Fsp3) is 0.269. The number of carbonyl (C=O) groups excluding carboxylic acids is 2. The first-order valence-corrected chi connectivity index (χ1v) is 11.7. The number of pyridine rings is 1. The molecule has 3 N–H and O–H groups in total. The molecule has 10 heteroatoms. The molecular weight excluding hydrogens is 456 g/mol. The van der Waals surface area contributed by atoms with E-state index in [1.165, 1.54) is 6.08 Å². The lowest BCUT2D eigenvalue weighted by Crippen LogP contribution is -2.48. The van der Waals surface area contributed by atoms with Crippen LogP contribution in [0.2, 0.25) is 0 Å². The van der Waals surface area contributed by atoms with Gasteiger partial charge in [-0.05, 0) is 55.8 Å². The maximum atomic E-state index is 11.6. The fourth-order valence-electron chi connectivity index (χ4n) is 3.89. The van der Waals surface area contributed by atoms with E-state index in [2.05, 4.69) is 54.5 Å². The Morgan fingerprint density at radius 3 is 2.42 bits per heavy atom. The Hall–Kier alpha value is -4.47. The number of anilines is 6. The second kappa shape index (κ2) is 10.9. The van der Waals surface area contributed by atoms with Gasteiger partial charge < -0.3 is 25.8 Å². The van der Waals surface area contributed by atoms with E-state index in [1.54, 1.807) is 31.3 Å². The minimum absolute atomic E-state index is 0.125. The molecular formula is C26H30N8O2. The van der Waals surface area contributed by atoms with Crippen LogP contribution in [0.3, 0.4) is 0 Å². The van der Waals surface area contributed by atoms with Crippen molar-refractivity contribution in [2.24, 2.45) is 0 Å². The Morgan fingerprint density at radius 2 is 1.72 bits per heavy atom. The molecule has 1 aromatic carbocycles. The number of benzene rings is 1. The second-order valence-corrected chi connectivity index (χ2v) is 8.57. The Balaban J connectivity index is 1.45. The molecule has 1 aliphatic heterocycles. The van der Waals surface area contributed by atoms with Gasteiger partial charge in [-0.2, -0.15) is 4.98 Å². The third kappa shape index (κ3) is 5.96. The zero-order valence-electron chi connectivity index (χ0n) is 20.7. The highest BCUT2D eigenvalue weighted by Crippen LogP contribution is 2.26. The molecule has 0 bridgehead atoms. The van der Waals surface area contributed by atoms with Gasteiger partial charge in [-0.15, -0.1) is 0 Å². The predicted molar refractivity (Wildman–Crippen MR) is 142 cm³/mol. The van der Waals surface area contributed by atoms with Gasteiger partial charge in [-0.1, -0.05) is 12.6 Å². The van der Waals surface area contributed by atoms with Crippen molar-refractivity contribution in [3.05, 3.63) is 66.4 Å². The van der Waals surface area contributed by atoms with Crippen LogP contribution in [0.4, 0.5) is 34.8 Å². The number of carbonyl (C=O) groups is 2. The average molecular weight is 487 g/mol. The molecule has 3 heterocycles. The van der Waals surface area contributed by atoms with Crippen molar-refractivity contribution in [1.29, 1.82) is 0 Å². The number of hydrogen-bond donors (Lipinski definition) is 3. The lowest BCUT2D eigenvalue weighted by molar-refractivity contribution is -0.129. The van der Waals surface area contributed by atoms with Crippen molar-refractivity contribution in [2.45, 2.75) is 20.8 Å². The molecule has 1 fully saturated rings. The lowest BCUT2D eigenvalue weighted by atomic mass is 10.1. The van der Waals surface area contributed by atoms with Crippen LogP contribution >= 0.6 is 0 Å². The Kier molecular flexibility index (Phi) is 7.43. The van der Waals surface area contributed by atoms with Gasteiger partial charge in [0.15, 0.2) is 0 Å². The van der Waals surface area contributed by atoms with E-state index in [-0.39, 0.29) is 11.8 Å². The first kappa shape index (κ1) is 24.6. The van der Waals surface area contributed by atoms with E-state index in [4.69, 9.17) is 0 Å². The summed E-state index contributed by atoms with van der Waals surface area (Å²) in [5, 5.41) is 9.14. The molecule has 2 amide bonds. The molecule has 0 aliphatic carbocycles. The molecule has 10 nitrogen and oxygen atoms in total. The standard InChI is InChI=1S/C26H30N8O2/c1-5-24(36)30-22-7-6-8-23(29-22)31-25-18(3)16-27-26(32-25)28-21-10-9-20(15-17(21)2)34-13-11-33(12-14-34)19(4)35/h5-10,15-16H,1,11-14H2,2-4H3,(H3,27,28,29,30,31,32,36). The molecule has 1 saturated heterocycles. The highest BCUT2D eigenvalue weighted by molar-refractivity contribution is 5.98. The summed E-state index contributed by atoms with van der Waals surface area (Å²) in [6.07, 6.45) is 2.93. The molecule has 0 atom stereocenters. The first-order valence-electron chi connectivity index (χ1n) is 11.7. The molecule has 0 saturated carbocycles. The SMILES string of the molecule is C=CC(=O)Nc1cccc(Nc2nc(Nc3ccc(N4CCN(C(C)=O)CC4)cc3C)ncc2C)n1. The average Bonchev–Trinajstić information content (AvgIpc) is 2.87. The van der Waals surface area contributed by atoms with E-state index in [9.17, 15) is 9.59 Å². The molecule has 4 rings (SSSR count). The van der Waals surface area contributed by atoms with Crippen LogP contribution in [0.25, 0.3) is 0 Å². The summed E-state index contributed by atoms with van der Waals surface area (Å²) >= 11 is 0. The number of nitrogens with one attached hydrogen (secondary N) is 3. The van der Waals surface area contributed by atoms with Gasteiger partial charge in [0.05, 0.1) is 0 Å². The lowest BCUT2D eigenvalue weighted by Gasteiger charge is -2.35. The summed E-state index contributed by atoms with van der Waals surface area (Å²) in [5.74, 6) is 1.79. The second-order valence-electron chi connectivity index (χ2n) is 8.57. The summed E-state index contributed by atoms with van der Waals surface area (Å²) in [4.78, 5) is 40.8. The van der Waals surface area contributed by atoms with Crippen LogP contribution in [-0.4, -0.2) is 57.8 Å². The van der Waals surface area contributed by atoms with E-state index >= 15 is 0 Å². The van der Waals surface area contributed by atoms with Crippen LogP contribution < -0.4 is 20.9 Å². The van der Waals surface area contributed by atoms with Gasteiger partial charge in [0.25, 0.3) is 0 Å². The molecule has 1 aliphatic rings. The van der Waals surface area contributed by atoms with E-state index in [0.717, 1.165) is 48.7 Å². The van der Waals surface area contributed by atoms with Crippen LogP contribution in [0.5, 0.6) is 0 Å². The number of nitrogens with zero attached hydrogens (tertiary/aromatic N) is 5. The minimum atomic E-state index is -0.330. The number of rotatable bonds is 7. The highest BCUT2D eigenvalue weighted by atomic mass is 16.2. The van der Waals surface area contributed by atoms with Crippen molar-refractivity contribution in [1.82, 2.24) is 19.9 Å². The van der Waals surface area contributed by atoms with Gasteiger partial charge in [0.2, 0.25) is 17.8 Å². The molecule has 3 aromatic rings. The van der Waals surface area contributed by atoms with Crippen molar-refractivity contribution in [3.8, 4) is 0 Å². The predicted octanol–water partition coefficient (Wildman–Crippen LogP) is 3.77. The summed E-state index contributed by atoms with van der Waals surface area (Å²) in [5.41, 5.74) is 3.94. The van der Waals surface area contributed by atoms with Gasteiger partial charge in [0, 0.05) is 56.2 Å².